The van der Waals surface area contributed by atoms with Crippen LogP contribution in [0.2, 0.25) is 0 Å². The molecule has 3 aliphatic heterocycles. The van der Waals surface area contributed by atoms with Crippen LogP contribution < -0.4 is 0 Å². The zero-order valence-electron chi connectivity index (χ0n) is 10.7. The highest BCUT2D eigenvalue weighted by Gasteiger charge is 2.39. The molecule has 0 amide bonds. The van der Waals surface area contributed by atoms with E-state index in [2.05, 4.69) is 11.8 Å². The highest BCUT2D eigenvalue weighted by Crippen LogP contribution is 2.34. The van der Waals surface area contributed by atoms with Crippen LogP contribution in [0.5, 0.6) is 0 Å². The maximum atomic E-state index is 11.7. The number of Topliss-reactive ketones (excluding diaryl/α,β-unsaturated/α-hetero) is 1. The van der Waals surface area contributed by atoms with Crippen molar-refractivity contribution in [1.29, 1.82) is 0 Å². The van der Waals surface area contributed by atoms with Gasteiger partial charge in [-0.3, -0.25) is 9.69 Å². The summed E-state index contributed by atoms with van der Waals surface area (Å²) in [7, 11) is 0. The quantitative estimate of drug-likeness (QED) is 0.735. The Kier molecular flexibility index (Phi) is 3.22. The zero-order chi connectivity index (χ0) is 11.8. The molecule has 3 rings (SSSR count). The molecule has 17 heavy (non-hydrogen) atoms. The van der Waals surface area contributed by atoms with E-state index in [0.29, 0.717) is 29.9 Å². The van der Waals surface area contributed by atoms with Gasteiger partial charge in [-0.25, -0.2) is 0 Å². The van der Waals surface area contributed by atoms with Gasteiger partial charge in [0, 0.05) is 38.1 Å². The Bertz CT molecular complexity index is 289. The Morgan fingerprint density at radius 3 is 2.53 bits per heavy atom. The molecular weight excluding hydrogens is 214 g/mol. The summed E-state index contributed by atoms with van der Waals surface area (Å²) in [6.45, 7) is 4.28. The lowest BCUT2D eigenvalue weighted by Gasteiger charge is -2.46. The lowest BCUT2D eigenvalue weighted by molar-refractivity contribution is -0.127. The number of nitrogens with zero attached hydrogens (tertiary/aromatic N) is 1. The summed E-state index contributed by atoms with van der Waals surface area (Å²) < 4.78 is 5.66. The second kappa shape index (κ2) is 4.69. The van der Waals surface area contributed by atoms with E-state index in [9.17, 15) is 4.79 Å². The van der Waals surface area contributed by atoms with Gasteiger partial charge in [0.25, 0.3) is 0 Å². The zero-order valence-corrected chi connectivity index (χ0v) is 10.7. The number of fused-ring (bicyclic) bond motifs is 2. The first-order valence-electron chi connectivity index (χ1n) is 7.13. The third-order valence-electron chi connectivity index (χ3n) is 4.92. The number of ketones is 1. The van der Waals surface area contributed by atoms with Crippen molar-refractivity contribution >= 4 is 5.78 Å². The molecule has 2 bridgehead atoms. The molecule has 0 saturated carbocycles. The molecule has 96 valence electrons. The summed E-state index contributed by atoms with van der Waals surface area (Å²) in [5.41, 5.74) is 0. The van der Waals surface area contributed by atoms with Gasteiger partial charge in [-0.15, -0.1) is 0 Å². The van der Waals surface area contributed by atoms with E-state index in [-0.39, 0.29) is 0 Å². The van der Waals surface area contributed by atoms with Crippen LogP contribution in [0, 0.1) is 5.92 Å². The van der Waals surface area contributed by atoms with Crippen molar-refractivity contribution in [3.05, 3.63) is 0 Å². The molecule has 0 aromatic carbocycles. The van der Waals surface area contributed by atoms with Gasteiger partial charge in [0.1, 0.15) is 5.78 Å². The van der Waals surface area contributed by atoms with Gasteiger partial charge in [0.2, 0.25) is 0 Å². The summed E-state index contributed by atoms with van der Waals surface area (Å²) in [5.74, 6) is 1.18. The molecule has 3 heterocycles. The van der Waals surface area contributed by atoms with Crippen LogP contribution in [0.15, 0.2) is 0 Å². The fourth-order valence-electron chi connectivity index (χ4n) is 3.85. The molecule has 0 N–H and O–H groups in total. The highest BCUT2D eigenvalue weighted by atomic mass is 16.5. The van der Waals surface area contributed by atoms with E-state index in [0.717, 1.165) is 26.0 Å². The van der Waals surface area contributed by atoms with Crippen molar-refractivity contribution in [1.82, 2.24) is 4.90 Å². The van der Waals surface area contributed by atoms with Crippen LogP contribution in [-0.4, -0.2) is 42.0 Å². The van der Waals surface area contributed by atoms with Gasteiger partial charge in [-0.1, -0.05) is 6.42 Å². The van der Waals surface area contributed by atoms with Gasteiger partial charge in [0.15, 0.2) is 0 Å². The molecule has 4 atom stereocenters. The predicted octanol–water partition coefficient (Wildman–Crippen LogP) is 2.00. The minimum absolute atomic E-state index is 0.411. The maximum absolute atomic E-state index is 11.7. The van der Waals surface area contributed by atoms with Gasteiger partial charge >= 0.3 is 0 Å². The smallest absolute Gasteiger partial charge is 0.136 e. The molecule has 0 radical (unpaired) electrons. The molecular formula is C14H23NO2. The van der Waals surface area contributed by atoms with Gasteiger partial charge < -0.3 is 4.74 Å². The topological polar surface area (TPSA) is 29.5 Å². The van der Waals surface area contributed by atoms with Gasteiger partial charge in [0.05, 0.1) is 6.10 Å². The number of hydrogen-bond acceptors (Lipinski definition) is 3. The third-order valence-corrected chi connectivity index (χ3v) is 4.92. The maximum Gasteiger partial charge on any atom is 0.136 e. The first kappa shape index (κ1) is 11.7. The molecule has 0 spiro atoms. The largest absolute Gasteiger partial charge is 0.378 e. The molecule has 3 heteroatoms. The molecule has 3 fully saturated rings. The molecule has 0 aromatic rings. The summed E-state index contributed by atoms with van der Waals surface area (Å²) in [5, 5.41) is 0. The minimum atomic E-state index is 0.411. The highest BCUT2D eigenvalue weighted by molar-refractivity contribution is 5.80. The number of carbonyl (C=O) groups excluding carboxylic acids is 1. The van der Waals surface area contributed by atoms with E-state index in [1.54, 1.807) is 0 Å². The molecule has 3 aliphatic rings. The van der Waals surface area contributed by atoms with Gasteiger partial charge in [-0.05, 0) is 32.1 Å². The monoisotopic (exact) mass is 237 g/mol. The first-order valence-corrected chi connectivity index (χ1v) is 7.13. The summed E-state index contributed by atoms with van der Waals surface area (Å²) in [6.07, 6.45) is 6.99. The standard InChI is InChI=1S/C14H23NO2/c1-10-11(5-6-17-10)9-15-12-3-2-4-13(15)8-14(16)7-12/h10-13H,2-9H2,1H3. The van der Waals surface area contributed by atoms with Crippen molar-refractivity contribution in [2.24, 2.45) is 5.92 Å². The summed E-state index contributed by atoms with van der Waals surface area (Å²) >= 11 is 0. The van der Waals surface area contributed by atoms with E-state index < -0.39 is 0 Å². The third kappa shape index (κ3) is 2.27. The van der Waals surface area contributed by atoms with Crippen LogP contribution in [0.4, 0.5) is 0 Å². The molecule has 0 aromatic heterocycles. The lowest BCUT2D eigenvalue weighted by Crippen LogP contribution is -2.54. The first-order chi connectivity index (χ1) is 8.24. The van der Waals surface area contributed by atoms with Crippen LogP contribution in [0.25, 0.3) is 0 Å². The van der Waals surface area contributed by atoms with E-state index >= 15 is 0 Å². The number of rotatable bonds is 2. The number of carbonyl (C=O) groups is 1. The second-order valence-electron chi connectivity index (χ2n) is 6.01. The normalized spacial score (nSPS) is 43.0. The Hall–Kier alpha value is -0.410. The Morgan fingerprint density at radius 2 is 1.94 bits per heavy atom. The number of ether oxygens (including phenoxy) is 1. The van der Waals surface area contributed by atoms with Crippen LogP contribution >= 0.6 is 0 Å². The lowest BCUT2D eigenvalue weighted by atomic mass is 9.82. The molecule has 0 aliphatic carbocycles. The van der Waals surface area contributed by atoms with Crippen LogP contribution in [0.3, 0.4) is 0 Å². The van der Waals surface area contributed by atoms with Crippen molar-refractivity contribution in [2.45, 2.75) is 63.6 Å². The Labute approximate surface area is 104 Å². The average molecular weight is 237 g/mol. The fourth-order valence-corrected chi connectivity index (χ4v) is 3.85. The van der Waals surface area contributed by atoms with E-state index in [1.807, 2.05) is 0 Å². The summed E-state index contributed by atoms with van der Waals surface area (Å²) in [6, 6.07) is 1.09. The van der Waals surface area contributed by atoms with Crippen molar-refractivity contribution in [3.63, 3.8) is 0 Å². The fraction of sp³-hybridized carbons (Fsp3) is 0.929. The predicted molar refractivity (Wildman–Crippen MR) is 65.9 cm³/mol. The molecule has 3 saturated heterocycles. The van der Waals surface area contributed by atoms with E-state index in [1.165, 1.54) is 25.7 Å². The van der Waals surface area contributed by atoms with Crippen molar-refractivity contribution in [2.75, 3.05) is 13.2 Å². The number of piperidine rings is 2. The SMILES string of the molecule is CC1OCCC1CN1C2CCCC1CC(=O)C2. The van der Waals surface area contributed by atoms with Crippen molar-refractivity contribution < 1.29 is 9.53 Å². The minimum Gasteiger partial charge on any atom is -0.378 e. The van der Waals surface area contributed by atoms with Crippen molar-refractivity contribution in [3.8, 4) is 0 Å². The second-order valence-corrected chi connectivity index (χ2v) is 6.01. The molecule has 3 nitrogen and oxygen atoms in total. The number of hydrogen-bond donors (Lipinski definition) is 0. The van der Waals surface area contributed by atoms with Crippen LogP contribution in [0.1, 0.15) is 45.4 Å². The van der Waals surface area contributed by atoms with Gasteiger partial charge in [-0.2, -0.15) is 0 Å². The van der Waals surface area contributed by atoms with E-state index in [4.69, 9.17) is 4.74 Å². The Morgan fingerprint density at radius 1 is 1.24 bits per heavy atom. The Balaban J connectivity index is 1.67. The molecule has 4 unspecified atom stereocenters. The average Bonchev–Trinajstić information content (AvgIpc) is 2.66. The van der Waals surface area contributed by atoms with Crippen LogP contribution in [-0.2, 0) is 9.53 Å². The summed E-state index contributed by atoms with van der Waals surface area (Å²) in [4.78, 5) is 14.3.